The Kier molecular flexibility index (Phi) is 10.3. The Morgan fingerprint density at radius 1 is 0.931 bits per heavy atom. The molecule has 0 unspecified atom stereocenters. The Morgan fingerprint density at radius 2 is 1.48 bits per heavy atom. The number of quaternary nitrogens is 2. The number of hydrogen-bond acceptors (Lipinski definition) is 2. The lowest BCUT2D eigenvalue weighted by molar-refractivity contribution is -0.936. The molecule has 1 rings (SSSR count). The van der Waals surface area contributed by atoms with E-state index >= 15 is 0 Å². The monoisotopic (exact) mass is 407 g/mol. The summed E-state index contributed by atoms with van der Waals surface area (Å²) in [5, 5.41) is 11.7. The van der Waals surface area contributed by atoms with Crippen LogP contribution in [0.15, 0.2) is 24.3 Å². The fraction of sp³-hybridized carbons (Fsp3) is 0.652. The van der Waals surface area contributed by atoms with Gasteiger partial charge in [-0.15, -0.1) is 0 Å². The number of rotatable bonds is 14. The van der Waals surface area contributed by atoms with E-state index in [1.807, 2.05) is 0 Å². The predicted octanol–water partition coefficient (Wildman–Crippen LogP) is 2.66. The van der Waals surface area contributed by atoms with Gasteiger partial charge in [0.1, 0.15) is 6.54 Å². The number of carboxylic acid groups (broad SMARTS) is 1. The number of carbonyl (C=O) groups is 2. The average molecular weight is 408 g/mol. The summed E-state index contributed by atoms with van der Waals surface area (Å²) in [6.07, 6.45) is 1.23. The molecule has 1 aromatic rings. The van der Waals surface area contributed by atoms with E-state index in [1.165, 1.54) is 5.56 Å². The molecule has 29 heavy (non-hydrogen) atoms. The van der Waals surface area contributed by atoms with Crippen LogP contribution in [0.5, 0.6) is 0 Å². The number of hydrogen-bond donors (Lipinski definition) is 2. The van der Waals surface area contributed by atoms with Crippen LogP contribution < -0.4 is 5.32 Å². The van der Waals surface area contributed by atoms with Crippen molar-refractivity contribution in [2.45, 2.75) is 46.6 Å². The Bertz CT molecular complexity index is 629. The highest BCUT2D eigenvalue weighted by Gasteiger charge is 2.21. The van der Waals surface area contributed by atoms with Crippen molar-refractivity contribution in [3.8, 4) is 0 Å². The van der Waals surface area contributed by atoms with Crippen molar-refractivity contribution in [3.63, 3.8) is 0 Å². The summed E-state index contributed by atoms with van der Waals surface area (Å²) in [6, 6.07) is 8.44. The SMILES string of the molecule is CC[N+](CC)(CC)Cc1ccc(CC(=O)NCC[N+](C)(C)CCCC(=O)O)cc1. The lowest BCUT2D eigenvalue weighted by atomic mass is 10.1. The van der Waals surface area contributed by atoms with Crippen LogP contribution in [-0.4, -0.2) is 79.3 Å². The molecule has 0 aromatic heterocycles. The first-order valence-corrected chi connectivity index (χ1v) is 10.9. The molecule has 1 aromatic carbocycles. The largest absolute Gasteiger partial charge is 0.481 e. The molecule has 6 nitrogen and oxygen atoms in total. The molecule has 0 bridgehead atoms. The van der Waals surface area contributed by atoms with Gasteiger partial charge in [-0.3, -0.25) is 9.59 Å². The van der Waals surface area contributed by atoms with Gasteiger partial charge in [0.05, 0.1) is 66.2 Å². The van der Waals surface area contributed by atoms with Crippen molar-refractivity contribution in [3.05, 3.63) is 35.4 Å². The molecule has 0 heterocycles. The number of nitrogens with zero attached hydrogens (tertiary/aromatic N) is 2. The van der Waals surface area contributed by atoms with Crippen LogP contribution in [-0.2, 0) is 22.6 Å². The lowest BCUT2D eigenvalue weighted by Gasteiger charge is -2.35. The molecule has 0 spiro atoms. The number of carboxylic acids is 1. The number of likely N-dealkylation sites (N-methyl/N-ethyl adjacent to an activating group) is 1. The van der Waals surface area contributed by atoms with Gasteiger partial charge >= 0.3 is 5.97 Å². The standard InChI is InChI=1S/C23H39N3O3/c1-6-26(7-2,8-3)19-21-13-11-20(12-14-21)18-22(27)24-15-17-25(4,5)16-9-10-23(28)29/h11-14H,6-10,15-19H2,1-5H3/p+2. The molecule has 2 N–H and O–H groups in total. The van der Waals surface area contributed by atoms with E-state index in [0.29, 0.717) is 23.9 Å². The number of aliphatic carboxylic acids is 1. The van der Waals surface area contributed by atoms with Crippen molar-refractivity contribution < 1.29 is 23.7 Å². The number of carbonyl (C=O) groups excluding carboxylic acids is 1. The summed E-state index contributed by atoms with van der Waals surface area (Å²) >= 11 is 0. The molecule has 0 fully saturated rings. The van der Waals surface area contributed by atoms with E-state index in [9.17, 15) is 9.59 Å². The maximum atomic E-state index is 12.3. The third-order valence-corrected chi connectivity index (χ3v) is 6.11. The van der Waals surface area contributed by atoms with Gasteiger partial charge in [-0.2, -0.15) is 0 Å². The Labute approximate surface area is 176 Å². The molecular formula is C23H41N3O3+2. The van der Waals surface area contributed by atoms with Gasteiger partial charge in [0, 0.05) is 12.0 Å². The van der Waals surface area contributed by atoms with Gasteiger partial charge in [-0.25, -0.2) is 0 Å². The summed E-state index contributed by atoms with van der Waals surface area (Å²) in [4.78, 5) is 22.9. The summed E-state index contributed by atoms with van der Waals surface area (Å²) in [7, 11) is 4.13. The number of amides is 1. The molecule has 0 aliphatic heterocycles. The summed E-state index contributed by atoms with van der Waals surface area (Å²) in [5.41, 5.74) is 2.35. The number of benzene rings is 1. The third-order valence-electron chi connectivity index (χ3n) is 6.11. The third kappa shape index (κ3) is 9.41. The van der Waals surface area contributed by atoms with Crippen LogP contribution in [0.25, 0.3) is 0 Å². The predicted molar refractivity (Wildman–Crippen MR) is 117 cm³/mol. The van der Waals surface area contributed by atoms with E-state index in [-0.39, 0.29) is 12.3 Å². The first-order chi connectivity index (χ1) is 13.6. The zero-order valence-corrected chi connectivity index (χ0v) is 19.0. The molecule has 6 heteroatoms. The summed E-state index contributed by atoms with van der Waals surface area (Å²) in [5.74, 6) is -0.725. The lowest BCUT2D eigenvalue weighted by Crippen LogP contribution is -2.46. The van der Waals surface area contributed by atoms with Gasteiger partial charge in [0.15, 0.2) is 0 Å². The van der Waals surface area contributed by atoms with E-state index in [4.69, 9.17) is 5.11 Å². The topological polar surface area (TPSA) is 66.4 Å². The highest BCUT2D eigenvalue weighted by Crippen LogP contribution is 2.15. The molecule has 0 atom stereocenters. The maximum Gasteiger partial charge on any atom is 0.303 e. The van der Waals surface area contributed by atoms with Crippen LogP contribution in [0.4, 0.5) is 0 Å². The highest BCUT2D eigenvalue weighted by atomic mass is 16.4. The Hall–Kier alpha value is -1.92. The van der Waals surface area contributed by atoms with E-state index in [0.717, 1.165) is 49.3 Å². The molecule has 164 valence electrons. The fourth-order valence-corrected chi connectivity index (χ4v) is 3.67. The summed E-state index contributed by atoms with van der Waals surface area (Å²) in [6.45, 7) is 13.3. The van der Waals surface area contributed by atoms with Crippen molar-refractivity contribution in [1.29, 1.82) is 0 Å². The first-order valence-electron chi connectivity index (χ1n) is 10.9. The van der Waals surface area contributed by atoms with Gasteiger partial charge in [0.2, 0.25) is 5.91 Å². The average Bonchev–Trinajstić information content (AvgIpc) is 2.67. The first kappa shape index (κ1) is 25.1. The van der Waals surface area contributed by atoms with E-state index < -0.39 is 5.97 Å². The minimum Gasteiger partial charge on any atom is -0.481 e. The maximum absolute atomic E-state index is 12.3. The molecule has 0 aliphatic rings. The second-order valence-corrected chi connectivity index (χ2v) is 8.67. The minimum atomic E-state index is -0.756. The molecule has 0 radical (unpaired) electrons. The molecule has 0 saturated carbocycles. The quantitative estimate of drug-likeness (QED) is 0.466. The molecular weight excluding hydrogens is 366 g/mol. The zero-order chi connectivity index (χ0) is 21.9. The van der Waals surface area contributed by atoms with Crippen LogP contribution in [0.2, 0.25) is 0 Å². The zero-order valence-electron chi connectivity index (χ0n) is 19.0. The number of nitrogens with one attached hydrogen (secondary N) is 1. The van der Waals surface area contributed by atoms with Crippen LogP contribution in [0, 0.1) is 0 Å². The highest BCUT2D eigenvalue weighted by molar-refractivity contribution is 5.78. The van der Waals surface area contributed by atoms with Gasteiger partial charge in [-0.1, -0.05) is 24.3 Å². The van der Waals surface area contributed by atoms with E-state index in [1.54, 1.807) is 0 Å². The second-order valence-electron chi connectivity index (χ2n) is 8.67. The van der Waals surface area contributed by atoms with Crippen LogP contribution in [0.1, 0.15) is 44.7 Å². The van der Waals surface area contributed by atoms with Crippen LogP contribution in [0.3, 0.4) is 0 Å². The minimum absolute atomic E-state index is 0.0316. The normalized spacial score (nSPS) is 12.0. The fourth-order valence-electron chi connectivity index (χ4n) is 3.67. The van der Waals surface area contributed by atoms with E-state index in [2.05, 4.69) is 64.4 Å². The Morgan fingerprint density at radius 3 is 2.00 bits per heavy atom. The van der Waals surface area contributed by atoms with Crippen molar-refractivity contribution in [2.75, 3.05) is 53.4 Å². The van der Waals surface area contributed by atoms with Gasteiger partial charge < -0.3 is 19.4 Å². The molecule has 1 amide bonds. The smallest absolute Gasteiger partial charge is 0.303 e. The molecule has 0 aliphatic carbocycles. The van der Waals surface area contributed by atoms with Crippen molar-refractivity contribution >= 4 is 11.9 Å². The second kappa shape index (κ2) is 11.9. The van der Waals surface area contributed by atoms with Gasteiger partial charge in [-0.05, 0) is 26.3 Å². The Balaban J connectivity index is 2.44. The van der Waals surface area contributed by atoms with Gasteiger partial charge in [0.25, 0.3) is 0 Å². The van der Waals surface area contributed by atoms with Crippen molar-refractivity contribution in [1.82, 2.24) is 5.32 Å². The van der Waals surface area contributed by atoms with Crippen molar-refractivity contribution in [2.24, 2.45) is 0 Å². The molecule has 0 saturated heterocycles. The summed E-state index contributed by atoms with van der Waals surface area (Å²) < 4.78 is 1.79. The van der Waals surface area contributed by atoms with Crippen LogP contribution >= 0.6 is 0 Å².